The maximum atomic E-state index is 10.5. The van der Waals surface area contributed by atoms with E-state index in [2.05, 4.69) is 20.8 Å². The lowest BCUT2D eigenvalue weighted by molar-refractivity contribution is 0.153. The van der Waals surface area contributed by atoms with Gasteiger partial charge in [-0.15, -0.1) is 0 Å². The molecule has 4 heteroatoms. The molecule has 0 aromatic carbocycles. The zero-order chi connectivity index (χ0) is 11.4. The Morgan fingerprint density at radius 2 is 2.00 bits per heavy atom. The Hall–Kier alpha value is -0.770. The number of carboxylic acid groups (broad SMARTS) is 1. The lowest BCUT2D eigenvalue weighted by Gasteiger charge is -2.24. The number of hydrogen-bond acceptors (Lipinski definition) is 2. The van der Waals surface area contributed by atoms with Crippen molar-refractivity contribution < 1.29 is 9.90 Å². The highest BCUT2D eigenvalue weighted by Gasteiger charge is 2.16. The molecule has 0 bridgehead atoms. The topological polar surface area (TPSA) is 66.6 Å². The van der Waals surface area contributed by atoms with Crippen LogP contribution in [0, 0.1) is 5.41 Å². The normalized spacial score (nSPS) is 13.8. The second-order valence-electron chi connectivity index (χ2n) is 5.02. The molecule has 1 unspecified atom stereocenters. The zero-order valence-electron chi connectivity index (χ0n) is 9.58. The smallest absolute Gasteiger partial charge is 0.407 e. The molecule has 1 atom stereocenters. The average Bonchev–Trinajstić information content (AvgIpc) is 1.96. The first-order valence-corrected chi connectivity index (χ1v) is 4.92. The van der Waals surface area contributed by atoms with Crippen LogP contribution in [0.15, 0.2) is 0 Å². The summed E-state index contributed by atoms with van der Waals surface area (Å²) in [6.45, 7) is 6.90. The van der Waals surface area contributed by atoms with E-state index in [0.717, 1.165) is 12.8 Å². The molecule has 3 N–H and O–H groups in total. The monoisotopic (exact) mass is 202 g/mol. The fraction of sp³-hybridized carbons (Fsp3) is 0.900. The third kappa shape index (κ3) is 6.71. The van der Waals surface area contributed by atoms with Crippen molar-refractivity contribution in [3.8, 4) is 0 Å². The van der Waals surface area contributed by atoms with Crippen molar-refractivity contribution in [2.24, 2.45) is 11.1 Å². The number of nitrogens with two attached hydrogens (primary N) is 1. The Morgan fingerprint density at radius 1 is 1.50 bits per heavy atom. The first kappa shape index (κ1) is 13.2. The number of amides is 1. The summed E-state index contributed by atoms with van der Waals surface area (Å²) >= 11 is 0. The zero-order valence-corrected chi connectivity index (χ0v) is 9.58. The van der Waals surface area contributed by atoms with Gasteiger partial charge in [0.15, 0.2) is 0 Å². The van der Waals surface area contributed by atoms with E-state index >= 15 is 0 Å². The van der Waals surface area contributed by atoms with Crippen molar-refractivity contribution in [1.29, 1.82) is 0 Å². The molecule has 0 radical (unpaired) electrons. The maximum absolute atomic E-state index is 10.5. The molecular weight excluding hydrogens is 180 g/mol. The largest absolute Gasteiger partial charge is 0.465 e. The van der Waals surface area contributed by atoms with Gasteiger partial charge >= 0.3 is 6.09 Å². The number of hydrogen-bond donors (Lipinski definition) is 2. The fourth-order valence-corrected chi connectivity index (χ4v) is 1.34. The Kier molecular flexibility index (Phi) is 4.91. The van der Waals surface area contributed by atoms with Crippen molar-refractivity contribution in [3.63, 3.8) is 0 Å². The quantitative estimate of drug-likeness (QED) is 0.729. The molecule has 1 amide bonds. The summed E-state index contributed by atoms with van der Waals surface area (Å²) in [5.41, 5.74) is 6.10. The first-order valence-electron chi connectivity index (χ1n) is 4.92. The van der Waals surface area contributed by atoms with E-state index in [1.807, 2.05) is 0 Å². The molecule has 0 rings (SSSR count). The number of nitrogens with zero attached hydrogens (tertiary/aromatic N) is 1. The maximum Gasteiger partial charge on any atom is 0.407 e. The average molecular weight is 202 g/mol. The van der Waals surface area contributed by atoms with Crippen LogP contribution < -0.4 is 5.73 Å². The van der Waals surface area contributed by atoms with Crippen LogP contribution in [0.1, 0.15) is 33.6 Å². The van der Waals surface area contributed by atoms with Gasteiger partial charge in [-0.05, 0) is 18.3 Å². The van der Waals surface area contributed by atoms with Crippen molar-refractivity contribution in [1.82, 2.24) is 4.90 Å². The molecule has 0 aliphatic heterocycles. The molecule has 0 spiro atoms. The summed E-state index contributed by atoms with van der Waals surface area (Å²) in [7, 11) is 1.56. The summed E-state index contributed by atoms with van der Waals surface area (Å²) in [5.74, 6) is 0. The molecular formula is C10H22N2O2. The molecule has 0 aromatic rings. The van der Waals surface area contributed by atoms with Crippen LogP contribution in [0.2, 0.25) is 0 Å². The molecule has 0 heterocycles. The van der Waals surface area contributed by atoms with E-state index in [9.17, 15) is 4.79 Å². The van der Waals surface area contributed by atoms with Gasteiger partial charge in [0.25, 0.3) is 0 Å². The van der Waals surface area contributed by atoms with E-state index in [-0.39, 0.29) is 11.5 Å². The van der Waals surface area contributed by atoms with Gasteiger partial charge in [0, 0.05) is 19.6 Å². The number of rotatable bonds is 4. The van der Waals surface area contributed by atoms with E-state index < -0.39 is 6.09 Å². The molecule has 4 nitrogen and oxygen atoms in total. The summed E-state index contributed by atoms with van der Waals surface area (Å²) in [4.78, 5) is 11.7. The van der Waals surface area contributed by atoms with Gasteiger partial charge in [0.2, 0.25) is 0 Å². The standard InChI is InChI=1S/C10H22N2O2/c1-10(2,3)7-8(11)5-6-12(4)9(13)14/h8H,5-7,11H2,1-4H3,(H,13,14). The predicted octanol–water partition coefficient (Wildman–Crippen LogP) is 1.75. The molecule has 0 saturated carbocycles. The van der Waals surface area contributed by atoms with E-state index in [0.29, 0.717) is 6.54 Å². The lowest BCUT2D eigenvalue weighted by Crippen LogP contribution is -2.33. The Labute approximate surface area is 86.1 Å². The fourth-order valence-electron chi connectivity index (χ4n) is 1.34. The lowest BCUT2D eigenvalue weighted by atomic mass is 9.87. The van der Waals surface area contributed by atoms with E-state index in [1.165, 1.54) is 4.90 Å². The minimum atomic E-state index is -0.895. The molecule has 0 aliphatic carbocycles. The summed E-state index contributed by atoms with van der Waals surface area (Å²) in [5, 5.41) is 8.61. The van der Waals surface area contributed by atoms with Crippen molar-refractivity contribution in [2.75, 3.05) is 13.6 Å². The third-order valence-corrected chi connectivity index (χ3v) is 2.04. The van der Waals surface area contributed by atoms with Crippen molar-refractivity contribution in [2.45, 2.75) is 39.7 Å². The van der Waals surface area contributed by atoms with Gasteiger partial charge < -0.3 is 15.7 Å². The van der Waals surface area contributed by atoms with Crippen LogP contribution in [0.3, 0.4) is 0 Å². The molecule has 0 aliphatic rings. The summed E-state index contributed by atoms with van der Waals surface area (Å²) in [6, 6.07) is 0.0804. The molecule has 0 fully saturated rings. The SMILES string of the molecule is CN(CCC(N)CC(C)(C)C)C(=O)O. The summed E-state index contributed by atoms with van der Waals surface area (Å²) < 4.78 is 0. The highest BCUT2D eigenvalue weighted by atomic mass is 16.4. The summed E-state index contributed by atoms with van der Waals surface area (Å²) in [6.07, 6.45) is 0.744. The second-order valence-corrected chi connectivity index (χ2v) is 5.02. The van der Waals surface area contributed by atoms with Gasteiger partial charge in [-0.2, -0.15) is 0 Å². The first-order chi connectivity index (χ1) is 6.22. The van der Waals surface area contributed by atoms with Gasteiger partial charge in [0.05, 0.1) is 0 Å². The molecule has 0 aromatic heterocycles. The van der Waals surface area contributed by atoms with Crippen LogP contribution in [-0.4, -0.2) is 35.7 Å². The van der Waals surface area contributed by atoms with Crippen LogP contribution in [0.25, 0.3) is 0 Å². The third-order valence-electron chi connectivity index (χ3n) is 2.04. The Balaban J connectivity index is 3.74. The molecule has 84 valence electrons. The van der Waals surface area contributed by atoms with Crippen molar-refractivity contribution >= 4 is 6.09 Å². The van der Waals surface area contributed by atoms with Crippen molar-refractivity contribution in [3.05, 3.63) is 0 Å². The van der Waals surface area contributed by atoms with Crippen LogP contribution in [-0.2, 0) is 0 Å². The van der Waals surface area contributed by atoms with Crippen LogP contribution >= 0.6 is 0 Å². The minimum Gasteiger partial charge on any atom is -0.465 e. The minimum absolute atomic E-state index is 0.0804. The number of carbonyl (C=O) groups is 1. The van der Waals surface area contributed by atoms with Crippen LogP contribution in [0.4, 0.5) is 4.79 Å². The Bertz CT molecular complexity index is 187. The Morgan fingerprint density at radius 3 is 2.36 bits per heavy atom. The molecule has 14 heavy (non-hydrogen) atoms. The predicted molar refractivity (Wildman–Crippen MR) is 57.3 cm³/mol. The highest BCUT2D eigenvalue weighted by Crippen LogP contribution is 2.20. The van der Waals surface area contributed by atoms with Gasteiger partial charge in [-0.1, -0.05) is 20.8 Å². The van der Waals surface area contributed by atoms with Crippen LogP contribution in [0.5, 0.6) is 0 Å². The highest BCUT2D eigenvalue weighted by molar-refractivity contribution is 5.64. The second kappa shape index (κ2) is 5.20. The van der Waals surface area contributed by atoms with Gasteiger partial charge in [-0.25, -0.2) is 4.79 Å². The van der Waals surface area contributed by atoms with Gasteiger partial charge in [-0.3, -0.25) is 0 Å². The molecule has 0 saturated heterocycles. The van der Waals surface area contributed by atoms with Gasteiger partial charge in [0.1, 0.15) is 0 Å². The van der Waals surface area contributed by atoms with E-state index in [1.54, 1.807) is 7.05 Å². The van der Waals surface area contributed by atoms with E-state index in [4.69, 9.17) is 10.8 Å².